The maximum Gasteiger partial charge on any atom is 0.410 e. The zero-order valence-electron chi connectivity index (χ0n) is 17.4. The predicted molar refractivity (Wildman–Crippen MR) is 124 cm³/mol. The van der Waals surface area contributed by atoms with E-state index in [9.17, 15) is 15.2 Å². The molecule has 1 aromatic heterocycles. The first-order valence-corrected chi connectivity index (χ1v) is 11.2. The molecule has 0 bridgehead atoms. The Hall–Kier alpha value is -3.37. The average Bonchev–Trinajstić information content (AvgIpc) is 2.83. The van der Waals surface area contributed by atoms with Crippen molar-refractivity contribution in [3.05, 3.63) is 82.0 Å². The molecule has 0 aliphatic carbocycles. The number of ether oxygens (including phenoxy) is 1. The third-order valence-corrected chi connectivity index (χ3v) is 6.15. The van der Waals surface area contributed by atoms with Crippen LogP contribution in [0, 0.1) is 11.3 Å². The first-order chi connectivity index (χ1) is 15.5. The third kappa shape index (κ3) is 4.92. The van der Waals surface area contributed by atoms with Gasteiger partial charge in [0.25, 0.3) is 0 Å². The van der Waals surface area contributed by atoms with Crippen molar-refractivity contribution in [3.63, 3.8) is 0 Å². The van der Waals surface area contributed by atoms with E-state index in [1.165, 1.54) is 0 Å². The lowest BCUT2D eigenvalue weighted by Crippen LogP contribution is -2.38. The molecular formula is C25H22BrN3O3. The lowest BCUT2D eigenvalue weighted by atomic mass is 9.92. The number of halogens is 1. The van der Waals surface area contributed by atoms with E-state index in [-0.39, 0.29) is 29.9 Å². The minimum absolute atomic E-state index is 0.0693. The predicted octanol–water partition coefficient (Wildman–Crippen LogP) is 5.60. The number of hydrogen-bond donors (Lipinski definition) is 1. The summed E-state index contributed by atoms with van der Waals surface area (Å²) in [4.78, 5) is 18.9. The van der Waals surface area contributed by atoms with Crippen LogP contribution in [0.4, 0.5) is 4.79 Å². The monoisotopic (exact) mass is 491 g/mol. The van der Waals surface area contributed by atoms with Gasteiger partial charge in [0.15, 0.2) is 0 Å². The molecule has 162 valence electrons. The number of nitriles is 1. The van der Waals surface area contributed by atoms with Crippen molar-refractivity contribution >= 4 is 22.0 Å². The van der Waals surface area contributed by atoms with Gasteiger partial charge in [-0.25, -0.2) is 4.79 Å². The molecule has 0 unspecified atom stereocenters. The Morgan fingerprint density at radius 3 is 2.50 bits per heavy atom. The van der Waals surface area contributed by atoms with Crippen LogP contribution in [0.15, 0.2) is 65.1 Å². The van der Waals surface area contributed by atoms with E-state index in [4.69, 9.17) is 9.72 Å². The van der Waals surface area contributed by atoms with Gasteiger partial charge in [0.05, 0.1) is 5.69 Å². The van der Waals surface area contributed by atoms with Gasteiger partial charge < -0.3 is 14.7 Å². The highest BCUT2D eigenvalue weighted by molar-refractivity contribution is 9.10. The van der Waals surface area contributed by atoms with Gasteiger partial charge in [-0.15, -0.1) is 0 Å². The summed E-state index contributed by atoms with van der Waals surface area (Å²) in [6, 6.07) is 20.7. The number of benzene rings is 2. The second kappa shape index (κ2) is 9.84. The smallest absolute Gasteiger partial charge is 0.410 e. The molecule has 3 aromatic rings. The zero-order chi connectivity index (χ0) is 22.5. The average molecular weight is 492 g/mol. The highest BCUT2D eigenvalue weighted by Crippen LogP contribution is 2.35. The topological polar surface area (TPSA) is 86.5 Å². The lowest BCUT2D eigenvalue weighted by molar-refractivity contribution is 0.0868. The fourth-order valence-electron chi connectivity index (χ4n) is 3.86. The number of aromatic nitrogens is 1. The van der Waals surface area contributed by atoms with Crippen LogP contribution >= 0.6 is 15.9 Å². The normalized spacial score (nSPS) is 14.1. The standard InChI is InChI=1S/C25H22BrN3O3/c26-20-8-6-19(7-9-20)24-21(15-27)23(30)14-22(28-24)18-10-12-29(13-11-18)25(31)32-16-17-4-2-1-3-5-17/h1-9,14,18H,10-13,16H2,(H,28,30). The summed E-state index contributed by atoms with van der Waals surface area (Å²) >= 11 is 3.41. The van der Waals surface area contributed by atoms with Gasteiger partial charge in [0.1, 0.15) is 24.0 Å². The zero-order valence-corrected chi connectivity index (χ0v) is 19.0. The molecule has 2 heterocycles. The molecule has 0 atom stereocenters. The number of pyridine rings is 1. The summed E-state index contributed by atoms with van der Waals surface area (Å²) in [6.07, 6.45) is 1.09. The lowest BCUT2D eigenvalue weighted by Gasteiger charge is -2.31. The second-order valence-electron chi connectivity index (χ2n) is 7.71. The van der Waals surface area contributed by atoms with Gasteiger partial charge in [-0.3, -0.25) is 4.98 Å². The van der Waals surface area contributed by atoms with Gasteiger partial charge in [0.2, 0.25) is 0 Å². The molecule has 1 fully saturated rings. The first kappa shape index (κ1) is 21.8. The van der Waals surface area contributed by atoms with E-state index in [1.54, 1.807) is 11.0 Å². The van der Waals surface area contributed by atoms with Gasteiger partial charge in [0, 0.05) is 40.8 Å². The fraction of sp³-hybridized carbons (Fsp3) is 0.240. The SMILES string of the molecule is N#Cc1c(O)cc(C2CCN(C(=O)OCc3ccccc3)CC2)nc1-c1ccc(Br)cc1. The van der Waals surface area contributed by atoms with Crippen LogP contribution in [0.25, 0.3) is 11.3 Å². The van der Waals surface area contributed by atoms with Crippen molar-refractivity contribution in [3.8, 4) is 23.1 Å². The summed E-state index contributed by atoms with van der Waals surface area (Å²) in [6.45, 7) is 1.35. The number of piperidine rings is 1. The molecule has 32 heavy (non-hydrogen) atoms. The molecule has 1 aliphatic rings. The van der Waals surface area contributed by atoms with Gasteiger partial charge in [-0.1, -0.05) is 58.4 Å². The molecule has 7 heteroatoms. The van der Waals surface area contributed by atoms with Crippen molar-refractivity contribution in [1.82, 2.24) is 9.88 Å². The van der Waals surface area contributed by atoms with E-state index in [2.05, 4.69) is 22.0 Å². The molecule has 6 nitrogen and oxygen atoms in total. The number of carbonyl (C=O) groups is 1. The Bertz CT molecular complexity index is 1140. The molecular weight excluding hydrogens is 470 g/mol. The summed E-state index contributed by atoms with van der Waals surface area (Å²) in [5.41, 5.74) is 3.09. The Kier molecular flexibility index (Phi) is 6.72. The number of carbonyl (C=O) groups excluding carboxylic acids is 1. The summed E-state index contributed by atoms with van der Waals surface area (Å²) in [7, 11) is 0. The minimum Gasteiger partial charge on any atom is -0.506 e. The molecule has 1 amide bonds. The van der Waals surface area contributed by atoms with Crippen LogP contribution in [0.3, 0.4) is 0 Å². The van der Waals surface area contributed by atoms with Gasteiger partial charge in [-0.2, -0.15) is 5.26 Å². The van der Waals surface area contributed by atoms with Gasteiger partial charge in [-0.05, 0) is 30.5 Å². The number of amides is 1. The van der Waals surface area contributed by atoms with E-state index in [0.29, 0.717) is 31.6 Å². The Balaban J connectivity index is 1.44. The van der Waals surface area contributed by atoms with Crippen LogP contribution in [-0.2, 0) is 11.3 Å². The van der Waals surface area contributed by atoms with E-state index >= 15 is 0 Å². The van der Waals surface area contributed by atoms with E-state index in [1.807, 2.05) is 54.6 Å². The quantitative estimate of drug-likeness (QED) is 0.512. The molecule has 2 aromatic carbocycles. The fourth-order valence-corrected chi connectivity index (χ4v) is 4.12. The number of rotatable bonds is 4. The number of hydrogen-bond acceptors (Lipinski definition) is 5. The maximum absolute atomic E-state index is 12.4. The van der Waals surface area contributed by atoms with Crippen LogP contribution < -0.4 is 0 Å². The highest BCUT2D eigenvalue weighted by Gasteiger charge is 2.27. The molecule has 0 spiro atoms. The number of nitrogens with zero attached hydrogens (tertiary/aromatic N) is 3. The van der Waals surface area contributed by atoms with E-state index in [0.717, 1.165) is 21.3 Å². The molecule has 0 radical (unpaired) electrons. The Morgan fingerprint density at radius 1 is 1.16 bits per heavy atom. The van der Waals surface area contributed by atoms with Crippen molar-refractivity contribution in [2.24, 2.45) is 0 Å². The third-order valence-electron chi connectivity index (χ3n) is 5.62. The minimum atomic E-state index is -0.321. The van der Waals surface area contributed by atoms with Crippen LogP contribution in [0.5, 0.6) is 5.75 Å². The molecule has 1 saturated heterocycles. The molecule has 1 N–H and O–H groups in total. The molecule has 4 rings (SSSR count). The van der Waals surface area contributed by atoms with E-state index < -0.39 is 0 Å². The van der Waals surface area contributed by atoms with Crippen molar-refractivity contribution in [1.29, 1.82) is 5.26 Å². The summed E-state index contributed by atoms with van der Waals surface area (Å²) in [5, 5.41) is 20.0. The van der Waals surface area contributed by atoms with Crippen molar-refractivity contribution in [2.45, 2.75) is 25.4 Å². The first-order valence-electron chi connectivity index (χ1n) is 10.4. The highest BCUT2D eigenvalue weighted by atomic mass is 79.9. The maximum atomic E-state index is 12.4. The Labute approximate surface area is 195 Å². The van der Waals surface area contributed by atoms with Gasteiger partial charge >= 0.3 is 6.09 Å². The number of aromatic hydroxyl groups is 1. The van der Waals surface area contributed by atoms with Crippen molar-refractivity contribution < 1.29 is 14.6 Å². The summed E-state index contributed by atoms with van der Waals surface area (Å²) < 4.78 is 6.36. The van der Waals surface area contributed by atoms with Crippen LogP contribution in [0.2, 0.25) is 0 Å². The molecule has 1 aliphatic heterocycles. The number of likely N-dealkylation sites (tertiary alicyclic amines) is 1. The van der Waals surface area contributed by atoms with Crippen molar-refractivity contribution in [2.75, 3.05) is 13.1 Å². The Morgan fingerprint density at radius 2 is 1.84 bits per heavy atom. The summed E-state index contributed by atoms with van der Waals surface area (Å²) in [5.74, 6) is 0.0149. The second-order valence-corrected chi connectivity index (χ2v) is 8.63. The largest absolute Gasteiger partial charge is 0.506 e. The van der Waals surface area contributed by atoms with Crippen LogP contribution in [-0.4, -0.2) is 34.2 Å². The van der Waals surface area contributed by atoms with Crippen LogP contribution in [0.1, 0.15) is 35.6 Å². The molecule has 0 saturated carbocycles.